The van der Waals surface area contributed by atoms with E-state index in [9.17, 15) is 0 Å². The zero-order chi connectivity index (χ0) is 15.2. The van der Waals surface area contributed by atoms with Crippen molar-refractivity contribution >= 4 is 0 Å². The summed E-state index contributed by atoms with van der Waals surface area (Å²) in [4.78, 5) is 0. The van der Waals surface area contributed by atoms with Gasteiger partial charge in [0.05, 0.1) is 13.2 Å². The Labute approximate surface area is 126 Å². The quantitative estimate of drug-likeness (QED) is 0.874. The Balaban J connectivity index is 2.40. The molecule has 2 aromatic carbocycles. The number of hydrogen-bond donors (Lipinski definition) is 1. The van der Waals surface area contributed by atoms with E-state index in [1.165, 1.54) is 11.1 Å². The van der Waals surface area contributed by atoms with Crippen molar-refractivity contribution in [1.82, 2.24) is 5.32 Å². The molecule has 2 rings (SSSR count). The molecule has 0 aromatic heterocycles. The zero-order valence-electron chi connectivity index (χ0n) is 13.1. The van der Waals surface area contributed by atoms with Gasteiger partial charge in [0.1, 0.15) is 11.5 Å². The van der Waals surface area contributed by atoms with Gasteiger partial charge >= 0.3 is 0 Å². The first-order valence-electron chi connectivity index (χ1n) is 7.22. The molecular formula is C18H23NO2. The lowest BCUT2D eigenvalue weighted by Gasteiger charge is -2.14. The lowest BCUT2D eigenvalue weighted by molar-refractivity contribution is 0.242. The molecule has 3 nitrogen and oxygen atoms in total. The van der Waals surface area contributed by atoms with Crippen LogP contribution in [-0.4, -0.2) is 20.3 Å². The minimum Gasteiger partial charge on any atom is -0.497 e. The minimum absolute atomic E-state index is 0.174. The third-order valence-corrected chi connectivity index (χ3v) is 3.20. The minimum atomic E-state index is 0.174. The van der Waals surface area contributed by atoms with Crippen molar-refractivity contribution in [2.24, 2.45) is 0 Å². The molecule has 0 atom stereocenters. The molecule has 0 saturated heterocycles. The number of hydrogen-bond acceptors (Lipinski definition) is 3. The van der Waals surface area contributed by atoms with E-state index in [1.807, 2.05) is 39.1 Å². The molecule has 0 fully saturated rings. The molecule has 0 heterocycles. The van der Waals surface area contributed by atoms with Crippen molar-refractivity contribution in [2.45, 2.75) is 26.5 Å². The average Bonchev–Trinajstić information content (AvgIpc) is 2.47. The van der Waals surface area contributed by atoms with E-state index in [0.29, 0.717) is 0 Å². The fraction of sp³-hybridized carbons (Fsp3) is 0.333. The van der Waals surface area contributed by atoms with Gasteiger partial charge in [-0.1, -0.05) is 18.2 Å². The number of rotatable bonds is 6. The highest BCUT2D eigenvalue weighted by atomic mass is 16.5. The van der Waals surface area contributed by atoms with Gasteiger partial charge < -0.3 is 14.8 Å². The largest absolute Gasteiger partial charge is 0.497 e. The molecule has 0 bridgehead atoms. The Bertz CT molecular complexity index is 594. The van der Waals surface area contributed by atoms with Gasteiger partial charge in [0.15, 0.2) is 0 Å². The molecule has 0 aliphatic rings. The predicted octanol–water partition coefficient (Wildman–Crippen LogP) is 3.87. The normalized spacial score (nSPS) is 10.7. The van der Waals surface area contributed by atoms with E-state index in [-0.39, 0.29) is 6.10 Å². The predicted molar refractivity (Wildman–Crippen MR) is 87.0 cm³/mol. The number of benzene rings is 2. The van der Waals surface area contributed by atoms with Crippen molar-refractivity contribution < 1.29 is 9.47 Å². The van der Waals surface area contributed by atoms with Crippen molar-refractivity contribution in [1.29, 1.82) is 0 Å². The van der Waals surface area contributed by atoms with Crippen molar-refractivity contribution in [3.63, 3.8) is 0 Å². The number of nitrogens with one attached hydrogen (secondary N) is 1. The van der Waals surface area contributed by atoms with Gasteiger partial charge in [-0.25, -0.2) is 0 Å². The van der Waals surface area contributed by atoms with Crippen LogP contribution in [-0.2, 0) is 6.54 Å². The Kier molecular flexibility index (Phi) is 5.23. The molecule has 2 aromatic rings. The highest BCUT2D eigenvalue weighted by Crippen LogP contribution is 2.30. The average molecular weight is 285 g/mol. The van der Waals surface area contributed by atoms with Gasteiger partial charge in [0.25, 0.3) is 0 Å². The van der Waals surface area contributed by atoms with Crippen LogP contribution in [0.15, 0.2) is 42.5 Å². The van der Waals surface area contributed by atoms with Crippen molar-refractivity contribution in [3.8, 4) is 22.6 Å². The summed E-state index contributed by atoms with van der Waals surface area (Å²) in [6, 6.07) is 14.4. The van der Waals surface area contributed by atoms with E-state index in [2.05, 4.69) is 29.6 Å². The summed E-state index contributed by atoms with van der Waals surface area (Å²) in [6.07, 6.45) is 0.174. The maximum atomic E-state index is 5.78. The summed E-state index contributed by atoms with van der Waals surface area (Å²) >= 11 is 0. The van der Waals surface area contributed by atoms with E-state index in [0.717, 1.165) is 23.6 Å². The second kappa shape index (κ2) is 7.14. The Morgan fingerprint density at radius 1 is 1.05 bits per heavy atom. The van der Waals surface area contributed by atoms with Gasteiger partial charge in [0.2, 0.25) is 0 Å². The third kappa shape index (κ3) is 3.99. The summed E-state index contributed by atoms with van der Waals surface area (Å²) in [5, 5.41) is 3.21. The molecule has 0 aliphatic heterocycles. The summed E-state index contributed by atoms with van der Waals surface area (Å²) in [7, 11) is 3.64. The Morgan fingerprint density at radius 2 is 1.86 bits per heavy atom. The smallest absolute Gasteiger partial charge is 0.120 e. The summed E-state index contributed by atoms with van der Waals surface area (Å²) in [5.41, 5.74) is 3.55. The van der Waals surface area contributed by atoms with Crippen LogP contribution in [0.3, 0.4) is 0 Å². The van der Waals surface area contributed by atoms with E-state index in [1.54, 1.807) is 7.11 Å². The van der Waals surface area contributed by atoms with Crippen LogP contribution in [0, 0.1) is 0 Å². The van der Waals surface area contributed by atoms with Gasteiger partial charge in [-0.3, -0.25) is 0 Å². The van der Waals surface area contributed by atoms with E-state index < -0.39 is 0 Å². The molecule has 112 valence electrons. The third-order valence-electron chi connectivity index (χ3n) is 3.20. The molecule has 0 amide bonds. The number of ether oxygens (including phenoxy) is 2. The van der Waals surface area contributed by atoms with Crippen molar-refractivity contribution in [3.05, 3.63) is 48.0 Å². The molecule has 21 heavy (non-hydrogen) atoms. The first-order valence-corrected chi connectivity index (χ1v) is 7.22. The molecule has 1 N–H and O–H groups in total. The van der Waals surface area contributed by atoms with E-state index >= 15 is 0 Å². The zero-order valence-corrected chi connectivity index (χ0v) is 13.1. The highest BCUT2D eigenvalue weighted by molar-refractivity contribution is 5.69. The fourth-order valence-corrected chi connectivity index (χ4v) is 2.32. The van der Waals surface area contributed by atoms with Crippen molar-refractivity contribution in [2.75, 3.05) is 14.2 Å². The van der Waals surface area contributed by atoms with Crippen LogP contribution in [0.25, 0.3) is 11.1 Å². The van der Waals surface area contributed by atoms with Gasteiger partial charge in [-0.15, -0.1) is 0 Å². The second-order valence-corrected chi connectivity index (χ2v) is 5.25. The molecule has 0 radical (unpaired) electrons. The standard InChI is InChI=1S/C18H23NO2/c1-13(2)21-17-7-5-6-14(10-17)18-9-8-16(20-4)11-15(18)12-19-3/h5-11,13,19H,12H2,1-4H3. The molecular weight excluding hydrogens is 262 g/mol. The van der Waals surface area contributed by atoms with Crippen LogP contribution in [0.4, 0.5) is 0 Å². The topological polar surface area (TPSA) is 30.5 Å². The lowest BCUT2D eigenvalue weighted by atomic mass is 9.99. The fourth-order valence-electron chi connectivity index (χ4n) is 2.32. The molecule has 0 unspecified atom stereocenters. The monoisotopic (exact) mass is 285 g/mol. The highest BCUT2D eigenvalue weighted by Gasteiger charge is 2.08. The first-order chi connectivity index (χ1) is 10.1. The number of methoxy groups -OCH3 is 1. The summed E-state index contributed by atoms with van der Waals surface area (Å²) < 4.78 is 11.1. The van der Waals surface area contributed by atoms with E-state index in [4.69, 9.17) is 9.47 Å². The Hall–Kier alpha value is -2.00. The maximum Gasteiger partial charge on any atom is 0.120 e. The van der Waals surface area contributed by atoms with Crippen LogP contribution in [0.5, 0.6) is 11.5 Å². The van der Waals surface area contributed by atoms with Crippen LogP contribution < -0.4 is 14.8 Å². The van der Waals surface area contributed by atoms with Crippen LogP contribution in [0.1, 0.15) is 19.4 Å². The molecule has 0 spiro atoms. The second-order valence-electron chi connectivity index (χ2n) is 5.25. The molecule has 0 aliphatic carbocycles. The van der Waals surface area contributed by atoms with Gasteiger partial charge in [-0.05, 0) is 61.9 Å². The first kappa shape index (κ1) is 15.4. The maximum absolute atomic E-state index is 5.78. The lowest BCUT2D eigenvalue weighted by Crippen LogP contribution is -2.07. The van der Waals surface area contributed by atoms with Gasteiger partial charge in [-0.2, -0.15) is 0 Å². The van der Waals surface area contributed by atoms with Crippen LogP contribution in [0.2, 0.25) is 0 Å². The summed E-state index contributed by atoms with van der Waals surface area (Å²) in [5.74, 6) is 1.77. The van der Waals surface area contributed by atoms with Crippen LogP contribution >= 0.6 is 0 Å². The van der Waals surface area contributed by atoms with Gasteiger partial charge in [0, 0.05) is 6.54 Å². The summed E-state index contributed by atoms with van der Waals surface area (Å²) in [6.45, 7) is 4.86. The Morgan fingerprint density at radius 3 is 2.52 bits per heavy atom. The molecule has 3 heteroatoms. The molecule has 0 saturated carbocycles. The SMILES string of the molecule is CNCc1cc(OC)ccc1-c1cccc(OC(C)C)c1.